The minimum absolute atomic E-state index is 0.401. The third-order valence-electron chi connectivity index (χ3n) is 4.55. The highest BCUT2D eigenvalue weighted by Gasteiger charge is 2.58. The molecule has 1 aromatic rings. The van der Waals surface area contributed by atoms with Crippen molar-refractivity contribution >= 4 is 27.5 Å². The van der Waals surface area contributed by atoms with E-state index in [9.17, 15) is 0 Å². The molecule has 0 aromatic heterocycles. The highest BCUT2D eigenvalue weighted by Crippen LogP contribution is 2.65. The molecule has 2 aliphatic carbocycles. The van der Waals surface area contributed by atoms with Crippen LogP contribution in [0.15, 0.2) is 22.7 Å². The second-order valence-corrected chi connectivity index (χ2v) is 7.54. The zero-order valence-corrected chi connectivity index (χ0v) is 13.2. The summed E-state index contributed by atoms with van der Waals surface area (Å²) in [6.07, 6.45) is 2.73. The molecular formula is C15H19BrClN. The molecule has 98 valence electrons. The molecule has 2 atom stereocenters. The van der Waals surface area contributed by atoms with E-state index in [1.54, 1.807) is 0 Å². The maximum atomic E-state index is 6.02. The van der Waals surface area contributed by atoms with Gasteiger partial charge in [-0.05, 0) is 54.3 Å². The average molecular weight is 329 g/mol. The molecule has 18 heavy (non-hydrogen) atoms. The van der Waals surface area contributed by atoms with Crippen molar-refractivity contribution in [2.45, 2.75) is 38.6 Å². The maximum absolute atomic E-state index is 6.02. The molecule has 1 nitrogen and oxygen atoms in total. The van der Waals surface area contributed by atoms with Crippen LogP contribution in [0.25, 0.3) is 0 Å². The molecule has 1 aromatic carbocycles. The van der Waals surface area contributed by atoms with Crippen LogP contribution in [0.2, 0.25) is 5.02 Å². The molecule has 0 radical (unpaired) electrons. The fraction of sp³-hybridized carbons (Fsp3) is 0.600. The number of hydrogen-bond acceptors (Lipinski definition) is 1. The molecule has 0 saturated heterocycles. The van der Waals surface area contributed by atoms with E-state index in [2.05, 4.69) is 41.2 Å². The monoisotopic (exact) mass is 327 g/mol. The third-order valence-corrected chi connectivity index (χ3v) is 5.47. The second kappa shape index (κ2) is 4.50. The third kappa shape index (κ3) is 2.35. The lowest BCUT2D eigenvalue weighted by molar-refractivity contribution is 0.517. The summed E-state index contributed by atoms with van der Waals surface area (Å²) in [5.41, 5.74) is 1.81. The SMILES string of the molecule is CC1(C)C(CNC2CC2)C1c1ccc(Cl)cc1Br. The molecule has 1 N–H and O–H groups in total. The molecule has 0 spiro atoms. The lowest BCUT2D eigenvalue weighted by atomic mass is 10.0. The van der Waals surface area contributed by atoms with Crippen LogP contribution in [-0.2, 0) is 0 Å². The van der Waals surface area contributed by atoms with Crippen molar-refractivity contribution in [2.75, 3.05) is 6.54 Å². The van der Waals surface area contributed by atoms with Gasteiger partial charge in [0.1, 0.15) is 0 Å². The van der Waals surface area contributed by atoms with Gasteiger partial charge in [-0.2, -0.15) is 0 Å². The lowest BCUT2D eigenvalue weighted by Crippen LogP contribution is -2.20. The highest BCUT2D eigenvalue weighted by atomic mass is 79.9. The van der Waals surface area contributed by atoms with E-state index in [-0.39, 0.29) is 0 Å². The summed E-state index contributed by atoms with van der Waals surface area (Å²) >= 11 is 9.67. The van der Waals surface area contributed by atoms with Crippen molar-refractivity contribution in [3.63, 3.8) is 0 Å². The summed E-state index contributed by atoms with van der Waals surface area (Å²) < 4.78 is 1.15. The Bertz CT molecular complexity index is 468. The Kier molecular flexibility index (Phi) is 3.24. The lowest BCUT2D eigenvalue weighted by Gasteiger charge is -2.06. The van der Waals surface area contributed by atoms with Crippen molar-refractivity contribution in [3.05, 3.63) is 33.3 Å². The molecule has 0 heterocycles. The van der Waals surface area contributed by atoms with Crippen LogP contribution in [0.4, 0.5) is 0 Å². The predicted molar refractivity (Wildman–Crippen MR) is 80.2 cm³/mol. The van der Waals surface area contributed by atoms with Crippen LogP contribution in [0.1, 0.15) is 38.2 Å². The Balaban J connectivity index is 1.74. The van der Waals surface area contributed by atoms with E-state index in [1.165, 1.54) is 18.4 Å². The van der Waals surface area contributed by atoms with Crippen LogP contribution >= 0.6 is 27.5 Å². The zero-order valence-electron chi connectivity index (χ0n) is 10.8. The Morgan fingerprint density at radius 2 is 2.11 bits per heavy atom. The van der Waals surface area contributed by atoms with Gasteiger partial charge in [0.05, 0.1) is 0 Å². The van der Waals surface area contributed by atoms with Gasteiger partial charge in [0.15, 0.2) is 0 Å². The predicted octanol–water partition coefficient (Wildman–Crippen LogP) is 4.59. The summed E-state index contributed by atoms with van der Waals surface area (Å²) in [7, 11) is 0. The summed E-state index contributed by atoms with van der Waals surface area (Å²) in [5, 5.41) is 4.47. The second-order valence-electron chi connectivity index (χ2n) is 6.25. The molecule has 0 aliphatic heterocycles. The number of benzene rings is 1. The first-order valence-corrected chi connectivity index (χ1v) is 7.85. The van der Waals surface area contributed by atoms with Gasteiger partial charge in [-0.15, -0.1) is 0 Å². The zero-order chi connectivity index (χ0) is 12.9. The molecule has 2 fully saturated rings. The van der Waals surface area contributed by atoms with Gasteiger partial charge in [0.2, 0.25) is 0 Å². The van der Waals surface area contributed by atoms with Gasteiger partial charge in [-0.1, -0.05) is 47.4 Å². The minimum atomic E-state index is 0.401. The maximum Gasteiger partial charge on any atom is 0.0417 e. The van der Waals surface area contributed by atoms with E-state index in [4.69, 9.17) is 11.6 Å². The van der Waals surface area contributed by atoms with E-state index in [0.717, 1.165) is 28.0 Å². The average Bonchev–Trinajstić information content (AvgIpc) is 3.15. The van der Waals surface area contributed by atoms with Crippen molar-refractivity contribution in [3.8, 4) is 0 Å². The van der Waals surface area contributed by atoms with Gasteiger partial charge in [0, 0.05) is 15.5 Å². The van der Waals surface area contributed by atoms with Crippen LogP contribution < -0.4 is 5.32 Å². The van der Waals surface area contributed by atoms with Crippen LogP contribution in [-0.4, -0.2) is 12.6 Å². The first kappa shape index (κ1) is 13.0. The van der Waals surface area contributed by atoms with E-state index in [1.807, 2.05) is 12.1 Å². The van der Waals surface area contributed by atoms with Gasteiger partial charge in [-0.3, -0.25) is 0 Å². The fourth-order valence-electron chi connectivity index (χ4n) is 3.08. The van der Waals surface area contributed by atoms with Crippen molar-refractivity contribution < 1.29 is 0 Å². The molecule has 2 unspecified atom stereocenters. The van der Waals surface area contributed by atoms with Crippen molar-refractivity contribution in [2.24, 2.45) is 11.3 Å². The molecule has 3 heteroatoms. The normalized spacial score (nSPS) is 29.3. The van der Waals surface area contributed by atoms with Crippen LogP contribution in [0.5, 0.6) is 0 Å². The number of rotatable bonds is 4. The Morgan fingerprint density at radius 1 is 1.39 bits per heavy atom. The Hall–Kier alpha value is -0.0500. The number of halogens is 2. The van der Waals surface area contributed by atoms with Crippen LogP contribution in [0, 0.1) is 11.3 Å². The largest absolute Gasteiger partial charge is 0.314 e. The molecule has 2 aliphatic rings. The van der Waals surface area contributed by atoms with Gasteiger partial charge >= 0.3 is 0 Å². The summed E-state index contributed by atoms with van der Waals surface area (Å²) in [4.78, 5) is 0. The molecule has 2 saturated carbocycles. The first-order valence-electron chi connectivity index (χ1n) is 6.68. The summed E-state index contributed by atoms with van der Waals surface area (Å²) in [6.45, 7) is 5.90. The number of hydrogen-bond donors (Lipinski definition) is 1. The molecule has 3 rings (SSSR count). The quantitative estimate of drug-likeness (QED) is 0.852. The molecular weight excluding hydrogens is 310 g/mol. The first-order chi connectivity index (χ1) is 8.50. The van der Waals surface area contributed by atoms with Crippen molar-refractivity contribution in [1.82, 2.24) is 5.32 Å². The van der Waals surface area contributed by atoms with E-state index in [0.29, 0.717) is 11.3 Å². The molecule has 0 bridgehead atoms. The number of nitrogens with one attached hydrogen (secondary N) is 1. The van der Waals surface area contributed by atoms with E-state index >= 15 is 0 Å². The summed E-state index contributed by atoms with van der Waals surface area (Å²) in [5.74, 6) is 1.39. The Labute approximate surface area is 122 Å². The van der Waals surface area contributed by atoms with Gasteiger partial charge in [0.25, 0.3) is 0 Å². The fourth-order valence-corrected chi connectivity index (χ4v) is 4.01. The molecule has 0 amide bonds. The standard InChI is InChI=1S/C15H19BrClN/c1-15(2)12(8-18-10-4-5-10)14(15)11-6-3-9(17)7-13(11)16/h3,6-7,10,12,14,18H,4-5,8H2,1-2H3. The topological polar surface area (TPSA) is 12.0 Å². The van der Waals surface area contributed by atoms with Gasteiger partial charge in [-0.25, -0.2) is 0 Å². The minimum Gasteiger partial charge on any atom is -0.314 e. The van der Waals surface area contributed by atoms with Gasteiger partial charge < -0.3 is 5.32 Å². The van der Waals surface area contributed by atoms with Crippen LogP contribution in [0.3, 0.4) is 0 Å². The Morgan fingerprint density at radius 3 is 2.72 bits per heavy atom. The summed E-state index contributed by atoms with van der Waals surface area (Å²) in [6, 6.07) is 6.99. The van der Waals surface area contributed by atoms with E-state index < -0.39 is 0 Å². The highest BCUT2D eigenvalue weighted by molar-refractivity contribution is 9.10. The smallest absolute Gasteiger partial charge is 0.0417 e. The van der Waals surface area contributed by atoms with Crippen molar-refractivity contribution in [1.29, 1.82) is 0 Å².